The van der Waals surface area contributed by atoms with Crippen molar-refractivity contribution in [1.82, 2.24) is 15.3 Å². The quantitative estimate of drug-likeness (QED) is 0.609. The Morgan fingerprint density at radius 1 is 1.29 bits per heavy atom. The van der Waals surface area contributed by atoms with Gasteiger partial charge in [0.25, 0.3) is 0 Å². The SMILES string of the molecule is CC(=O)NC[C@H]1CN(c2ccc(-c3ccc(/C=N/N4CCS(=O)(=O)CC4)nc3)c(F)c2)C(=O)O1. The molecule has 2 aliphatic heterocycles. The fourth-order valence-electron chi connectivity index (χ4n) is 3.60. The van der Waals surface area contributed by atoms with Crippen molar-refractivity contribution in [2.24, 2.45) is 5.10 Å². The molecule has 34 heavy (non-hydrogen) atoms. The summed E-state index contributed by atoms with van der Waals surface area (Å²) in [6.45, 7) is 2.45. The van der Waals surface area contributed by atoms with Crippen LogP contribution < -0.4 is 10.2 Å². The smallest absolute Gasteiger partial charge is 0.414 e. The van der Waals surface area contributed by atoms with E-state index in [1.807, 2.05) is 0 Å². The van der Waals surface area contributed by atoms with Crippen molar-refractivity contribution < 1.29 is 27.1 Å². The highest BCUT2D eigenvalue weighted by molar-refractivity contribution is 7.91. The first kappa shape index (κ1) is 23.6. The molecule has 0 radical (unpaired) electrons. The van der Waals surface area contributed by atoms with Crippen LogP contribution >= 0.6 is 0 Å². The van der Waals surface area contributed by atoms with Crippen molar-refractivity contribution in [1.29, 1.82) is 0 Å². The summed E-state index contributed by atoms with van der Waals surface area (Å²) in [5.74, 6) is -0.583. The van der Waals surface area contributed by atoms with Gasteiger partial charge in [0, 0.05) is 24.2 Å². The van der Waals surface area contributed by atoms with Gasteiger partial charge in [-0.3, -0.25) is 19.7 Å². The van der Waals surface area contributed by atoms with E-state index >= 15 is 0 Å². The highest BCUT2D eigenvalue weighted by Gasteiger charge is 2.32. The zero-order valence-electron chi connectivity index (χ0n) is 18.5. The number of anilines is 1. The molecular formula is C22H24FN5O5S. The Labute approximate surface area is 196 Å². The summed E-state index contributed by atoms with van der Waals surface area (Å²) in [7, 11) is -2.97. The Kier molecular flexibility index (Phi) is 6.77. The number of aromatic nitrogens is 1. The summed E-state index contributed by atoms with van der Waals surface area (Å²) in [6, 6.07) is 7.85. The highest BCUT2D eigenvalue weighted by Crippen LogP contribution is 2.28. The molecule has 1 atom stereocenters. The number of hydrazone groups is 1. The van der Waals surface area contributed by atoms with E-state index < -0.39 is 27.9 Å². The Morgan fingerprint density at radius 2 is 2.06 bits per heavy atom. The van der Waals surface area contributed by atoms with Crippen LogP contribution in [0.4, 0.5) is 14.9 Å². The van der Waals surface area contributed by atoms with Gasteiger partial charge in [0.2, 0.25) is 5.91 Å². The minimum atomic E-state index is -2.97. The van der Waals surface area contributed by atoms with E-state index in [2.05, 4.69) is 15.4 Å². The van der Waals surface area contributed by atoms with Gasteiger partial charge in [-0.25, -0.2) is 17.6 Å². The minimum Gasteiger partial charge on any atom is -0.442 e. The highest BCUT2D eigenvalue weighted by atomic mass is 32.2. The van der Waals surface area contributed by atoms with Crippen LogP contribution in [-0.2, 0) is 19.4 Å². The van der Waals surface area contributed by atoms with Crippen LogP contribution in [0, 0.1) is 5.82 Å². The van der Waals surface area contributed by atoms with Crippen molar-refractivity contribution in [2.45, 2.75) is 13.0 Å². The van der Waals surface area contributed by atoms with Crippen LogP contribution in [0.15, 0.2) is 41.6 Å². The maximum atomic E-state index is 14.9. The number of rotatable bonds is 6. The molecule has 1 aromatic heterocycles. The lowest BCUT2D eigenvalue weighted by molar-refractivity contribution is -0.119. The zero-order chi connectivity index (χ0) is 24.3. The van der Waals surface area contributed by atoms with Crippen molar-refractivity contribution in [3.8, 4) is 11.1 Å². The number of carbonyl (C=O) groups excluding carboxylic acids is 2. The first-order valence-corrected chi connectivity index (χ1v) is 12.5. The van der Waals surface area contributed by atoms with E-state index in [1.54, 1.807) is 29.3 Å². The van der Waals surface area contributed by atoms with Crippen LogP contribution in [0.1, 0.15) is 12.6 Å². The number of ether oxygens (including phenoxy) is 1. The van der Waals surface area contributed by atoms with Crippen LogP contribution in [-0.4, -0.2) is 80.4 Å². The second kappa shape index (κ2) is 9.75. The van der Waals surface area contributed by atoms with E-state index in [0.29, 0.717) is 35.6 Å². The van der Waals surface area contributed by atoms with Gasteiger partial charge in [-0.05, 0) is 24.3 Å². The summed E-state index contributed by atoms with van der Waals surface area (Å²) in [6.07, 6.45) is 1.96. The third-order valence-corrected chi connectivity index (χ3v) is 7.10. The summed E-state index contributed by atoms with van der Waals surface area (Å²) in [4.78, 5) is 28.8. The molecule has 2 aliphatic rings. The van der Waals surface area contributed by atoms with Crippen LogP contribution in [0.3, 0.4) is 0 Å². The standard InChI is InChI=1S/C22H24FN5O5S/c1-15(29)24-13-19-14-28(22(30)33-19)18-4-5-20(21(23)10-18)16-2-3-17(25-11-16)12-26-27-6-8-34(31,32)9-7-27/h2-5,10-12,19H,6-9,13-14H2,1H3,(H,24,29)/b26-12+/t19-/m0/s1. The number of carbonyl (C=O) groups is 2. The predicted octanol–water partition coefficient (Wildman–Crippen LogP) is 1.41. The maximum Gasteiger partial charge on any atom is 0.414 e. The predicted molar refractivity (Wildman–Crippen MR) is 124 cm³/mol. The molecule has 2 fully saturated rings. The minimum absolute atomic E-state index is 0.0804. The summed E-state index contributed by atoms with van der Waals surface area (Å²) >= 11 is 0. The lowest BCUT2D eigenvalue weighted by atomic mass is 10.1. The third kappa shape index (κ3) is 5.68. The number of hydrogen-bond donors (Lipinski definition) is 1. The van der Waals surface area contributed by atoms with Crippen molar-refractivity contribution in [3.05, 3.63) is 48.0 Å². The average molecular weight is 490 g/mol. The molecule has 0 saturated carbocycles. The monoisotopic (exact) mass is 489 g/mol. The van der Waals surface area contributed by atoms with E-state index in [0.717, 1.165) is 0 Å². The van der Waals surface area contributed by atoms with Crippen molar-refractivity contribution in [3.63, 3.8) is 0 Å². The number of nitrogens with zero attached hydrogens (tertiary/aromatic N) is 4. The molecular weight excluding hydrogens is 465 g/mol. The van der Waals surface area contributed by atoms with Gasteiger partial charge in [-0.15, -0.1) is 0 Å². The molecule has 1 N–H and O–H groups in total. The number of pyridine rings is 1. The maximum absolute atomic E-state index is 14.9. The number of amides is 2. The fourth-order valence-corrected chi connectivity index (χ4v) is 4.78. The van der Waals surface area contributed by atoms with Gasteiger partial charge >= 0.3 is 6.09 Å². The molecule has 12 heteroatoms. The van der Waals surface area contributed by atoms with Crippen molar-refractivity contribution in [2.75, 3.05) is 42.6 Å². The topological polar surface area (TPSA) is 121 Å². The van der Waals surface area contributed by atoms with Gasteiger partial charge in [-0.1, -0.05) is 6.07 Å². The molecule has 10 nitrogen and oxygen atoms in total. The average Bonchev–Trinajstić information content (AvgIpc) is 3.18. The lowest BCUT2D eigenvalue weighted by Gasteiger charge is -2.23. The van der Waals surface area contributed by atoms with E-state index in [1.165, 1.54) is 30.3 Å². The van der Waals surface area contributed by atoms with Gasteiger partial charge in [0.05, 0.1) is 55.3 Å². The first-order valence-electron chi connectivity index (χ1n) is 10.7. The fraction of sp³-hybridized carbons (Fsp3) is 0.364. The van der Waals surface area contributed by atoms with Gasteiger partial charge in [0.1, 0.15) is 11.9 Å². The molecule has 4 rings (SSSR count). The molecule has 2 aromatic rings. The molecule has 0 bridgehead atoms. The van der Waals surface area contributed by atoms with Crippen molar-refractivity contribution >= 4 is 33.7 Å². The molecule has 0 aliphatic carbocycles. The number of hydrogen-bond acceptors (Lipinski definition) is 8. The largest absolute Gasteiger partial charge is 0.442 e. The van der Waals surface area contributed by atoms with E-state index in [-0.39, 0.29) is 30.5 Å². The number of nitrogens with one attached hydrogen (secondary N) is 1. The Hall–Kier alpha value is -3.54. The summed E-state index contributed by atoms with van der Waals surface area (Å²) < 4.78 is 43.1. The second-order valence-electron chi connectivity index (χ2n) is 8.04. The Bertz CT molecular complexity index is 1200. The Balaban J connectivity index is 1.40. The number of cyclic esters (lactones) is 1. The number of halogens is 1. The van der Waals surface area contributed by atoms with E-state index in [4.69, 9.17) is 4.74 Å². The van der Waals surface area contributed by atoms with Gasteiger partial charge < -0.3 is 10.1 Å². The molecule has 3 heterocycles. The Morgan fingerprint density at radius 3 is 2.71 bits per heavy atom. The third-order valence-electron chi connectivity index (χ3n) is 5.49. The van der Waals surface area contributed by atoms with Crippen LogP contribution in [0.25, 0.3) is 11.1 Å². The van der Waals surface area contributed by atoms with Gasteiger partial charge in [-0.2, -0.15) is 5.10 Å². The first-order chi connectivity index (χ1) is 16.2. The molecule has 2 saturated heterocycles. The summed E-state index contributed by atoms with van der Waals surface area (Å²) in [5.41, 5.74) is 1.79. The van der Waals surface area contributed by atoms with E-state index in [9.17, 15) is 22.4 Å². The molecule has 1 aromatic carbocycles. The lowest BCUT2D eigenvalue weighted by Crippen LogP contribution is -2.37. The molecule has 180 valence electrons. The summed E-state index contributed by atoms with van der Waals surface area (Å²) in [5, 5.41) is 8.54. The molecule has 0 spiro atoms. The molecule has 0 unspecified atom stereocenters. The second-order valence-corrected chi connectivity index (χ2v) is 10.3. The molecule has 2 amide bonds. The number of benzene rings is 1. The number of sulfone groups is 1. The zero-order valence-corrected chi connectivity index (χ0v) is 19.3. The normalized spacial score (nSPS) is 19.9. The van der Waals surface area contributed by atoms with Crippen LogP contribution in [0.5, 0.6) is 0 Å². The van der Waals surface area contributed by atoms with Gasteiger partial charge in [0.15, 0.2) is 9.84 Å². The van der Waals surface area contributed by atoms with Crippen LogP contribution in [0.2, 0.25) is 0 Å².